The van der Waals surface area contributed by atoms with Crippen LogP contribution in [0.2, 0.25) is 0 Å². The molecule has 0 aliphatic rings. The third-order valence-corrected chi connectivity index (χ3v) is 2.21. The maximum absolute atomic E-state index is 11.5. The summed E-state index contributed by atoms with van der Waals surface area (Å²) in [5.41, 5.74) is 3.83. The predicted molar refractivity (Wildman–Crippen MR) is 57.4 cm³/mol. The molecular formula is C10H20N2O3. The lowest BCUT2D eigenvalue weighted by Crippen LogP contribution is -2.53. The van der Waals surface area contributed by atoms with E-state index in [1.165, 1.54) is 6.92 Å². The summed E-state index contributed by atoms with van der Waals surface area (Å²) in [6.07, 6.45) is 0.439. The number of carboxylic acids is 1. The Morgan fingerprint density at radius 2 is 1.80 bits per heavy atom. The van der Waals surface area contributed by atoms with Gasteiger partial charge in [-0.3, -0.25) is 4.79 Å². The van der Waals surface area contributed by atoms with E-state index in [1.807, 2.05) is 0 Å². The topological polar surface area (TPSA) is 92.4 Å². The Kier molecular flexibility index (Phi) is 4.27. The molecule has 1 amide bonds. The highest BCUT2D eigenvalue weighted by atomic mass is 16.4. The van der Waals surface area contributed by atoms with Gasteiger partial charge in [-0.15, -0.1) is 0 Å². The van der Waals surface area contributed by atoms with E-state index in [-0.39, 0.29) is 12.3 Å². The summed E-state index contributed by atoms with van der Waals surface area (Å²) >= 11 is 0. The zero-order valence-electron chi connectivity index (χ0n) is 9.76. The number of carbonyl (C=O) groups excluding carboxylic acids is 1. The van der Waals surface area contributed by atoms with E-state index < -0.39 is 17.0 Å². The molecule has 0 aliphatic heterocycles. The Bertz CT molecular complexity index is 258. The van der Waals surface area contributed by atoms with Gasteiger partial charge in [0.2, 0.25) is 5.91 Å². The molecule has 0 aromatic carbocycles. The maximum atomic E-state index is 11.5. The van der Waals surface area contributed by atoms with E-state index >= 15 is 0 Å². The van der Waals surface area contributed by atoms with Crippen LogP contribution < -0.4 is 11.1 Å². The Labute approximate surface area is 90.0 Å². The fraction of sp³-hybridized carbons (Fsp3) is 0.800. The number of amides is 1. The molecule has 0 fully saturated rings. The van der Waals surface area contributed by atoms with E-state index in [0.29, 0.717) is 6.42 Å². The number of hydrogen-bond acceptors (Lipinski definition) is 3. The third kappa shape index (κ3) is 4.78. The van der Waals surface area contributed by atoms with Crippen molar-refractivity contribution in [2.75, 3.05) is 0 Å². The van der Waals surface area contributed by atoms with Crippen molar-refractivity contribution < 1.29 is 14.7 Å². The van der Waals surface area contributed by atoms with Crippen molar-refractivity contribution in [3.8, 4) is 0 Å². The lowest BCUT2D eigenvalue weighted by Gasteiger charge is -2.26. The van der Waals surface area contributed by atoms with Gasteiger partial charge in [0.1, 0.15) is 5.54 Å². The average molecular weight is 216 g/mol. The van der Waals surface area contributed by atoms with Crippen LogP contribution in [0.4, 0.5) is 0 Å². The van der Waals surface area contributed by atoms with Gasteiger partial charge in [0.15, 0.2) is 0 Å². The van der Waals surface area contributed by atoms with Gasteiger partial charge in [-0.25, -0.2) is 4.79 Å². The first-order chi connectivity index (χ1) is 6.60. The second kappa shape index (κ2) is 4.61. The molecule has 0 saturated carbocycles. The molecule has 15 heavy (non-hydrogen) atoms. The number of carbonyl (C=O) groups is 2. The molecule has 0 aromatic heterocycles. The van der Waals surface area contributed by atoms with Crippen LogP contribution in [-0.2, 0) is 9.59 Å². The molecule has 88 valence electrons. The number of nitrogens with one attached hydrogen (secondary N) is 1. The predicted octanol–water partition coefficient (Wildman–Crippen LogP) is 0.483. The van der Waals surface area contributed by atoms with Crippen LogP contribution in [0.1, 0.15) is 40.5 Å². The summed E-state index contributed by atoms with van der Waals surface area (Å²) in [5, 5.41) is 11.4. The monoisotopic (exact) mass is 216 g/mol. The Balaban J connectivity index is 4.45. The summed E-state index contributed by atoms with van der Waals surface area (Å²) in [4.78, 5) is 22.4. The van der Waals surface area contributed by atoms with Crippen LogP contribution in [0.5, 0.6) is 0 Å². The lowest BCUT2D eigenvalue weighted by atomic mass is 9.96. The van der Waals surface area contributed by atoms with Crippen LogP contribution in [0.25, 0.3) is 0 Å². The van der Waals surface area contributed by atoms with Crippen molar-refractivity contribution in [2.24, 2.45) is 5.73 Å². The van der Waals surface area contributed by atoms with E-state index in [1.54, 1.807) is 20.8 Å². The van der Waals surface area contributed by atoms with Gasteiger partial charge in [-0.2, -0.15) is 0 Å². The zero-order valence-corrected chi connectivity index (χ0v) is 9.76. The van der Waals surface area contributed by atoms with Gasteiger partial charge in [0, 0.05) is 12.0 Å². The molecule has 1 atom stereocenters. The minimum absolute atomic E-state index is 0.107. The summed E-state index contributed by atoms with van der Waals surface area (Å²) in [6, 6.07) is 0. The van der Waals surface area contributed by atoms with Crippen molar-refractivity contribution in [2.45, 2.75) is 51.6 Å². The Hall–Kier alpha value is -1.10. The summed E-state index contributed by atoms with van der Waals surface area (Å²) in [5.74, 6) is -1.37. The number of carboxylic acid groups (broad SMARTS) is 1. The van der Waals surface area contributed by atoms with Gasteiger partial charge >= 0.3 is 5.97 Å². The zero-order chi connectivity index (χ0) is 12.3. The Morgan fingerprint density at radius 1 is 1.33 bits per heavy atom. The maximum Gasteiger partial charge on any atom is 0.329 e. The van der Waals surface area contributed by atoms with E-state index in [9.17, 15) is 9.59 Å². The van der Waals surface area contributed by atoms with Crippen molar-refractivity contribution in [3.63, 3.8) is 0 Å². The highest BCUT2D eigenvalue weighted by Gasteiger charge is 2.33. The van der Waals surface area contributed by atoms with Gasteiger partial charge in [0.05, 0.1) is 0 Å². The summed E-state index contributed by atoms with van der Waals surface area (Å²) in [6.45, 7) is 6.63. The second-order valence-electron chi connectivity index (χ2n) is 4.70. The van der Waals surface area contributed by atoms with Crippen molar-refractivity contribution in [3.05, 3.63) is 0 Å². The minimum Gasteiger partial charge on any atom is -0.480 e. The van der Waals surface area contributed by atoms with E-state index in [2.05, 4.69) is 5.32 Å². The van der Waals surface area contributed by atoms with E-state index in [0.717, 1.165) is 0 Å². The highest BCUT2D eigenvalue weighted by molar-refractivity contribution is 5.87. The first kappa shape index (κ1) is 13.9. The van der Waals surface area contributed by atoms with Crippen molar-refractivity contribution in [1.82, 2.24) is 5.32 Å². The van der Waals surface area contributed by atoms with Gasteiger partial charge in [0.25, 0.3) is 0 Å². The quantitative estimate of drug-likeness (QED) is 0.623. The third-order valence-electron chi connectivity index (χ3n) is 2.21. The first-order valence-electron chi connectivity index (χ1n) is 4.94. The molecule has 0 bridgehead atoms. The molecule has 5 nitrogen and oxygen atoms in total. The molecule has 5 heteroatoms. The largest absolute Gasteiger partial charge is 0.480 e. The van der Waals surface area contributed by atoms with Crippen LogP contribution >= 0.6 is 0 Å². The normalized spacial score (nSPS) is 15.5. The molecule has 0 saturated heterocycles. The fourth-order valence-electron chi connectivity index (χ4n) is 1.06. The SMILES string of the molecule is CCC(C)(NC(=O)CC(C)(C)N)C(=O)O. The number of hydrogen-bond donors (Lipinski definition) is 3. The number of aliphatic carboxylic acids is 1. The van der Waals surface area contributed by atoms with Crippen LogP contribution in [-0.4, -0.2) is 28.1 Å². The second-order valence-corrected chi connectivity index (χ2v) is 4.70. The van der Waals surface area contributed by atoms with Crippen LogP contribution in [0.3, 0.4) is 0 Å². The van der Waals surface area contributed by atoms with Gasteiger partial charge < -0.3 is 16.2 Å². The average Bonchev–Trinajstić information content (AvgIpc) is 1.99. The molecular weight excluding hydrogens is 196 g/mol. The lowest BCUT2D eigenvalue weighted by molar-refractivity contribution is -0.147. The first-order valence-corrected chi connectivity index (χ1v) is 4.94. The minimum atomic E-state index is -1.21. The molecule has 0 aromatic rings. The molecule has 0 spiro atoms. The molecule has 0 radical (unpaired) electrons. The van der Waals surface area contributed by atoms with Crippen LogP contribution in [0, 0.1) is 0 Å². The Morgan fingerprint density at radius 3 is 2.07 bits per heavy atom. The summed E-state index contributed by atoms with van der Waals surface area (Å²) < 4.78 is 0. The van der Waals surface area contributed by atoms with Gasteiger partial charge in [-0.1, -0.05) is 6.92 Å². The van der Waals surface area contributed by atoms with Crippen LogP contribution in [0.15, 0.2) is 0 Å². The van der Waals surface area contributed by atoms with Gasteiger partial charge in [-0.05, 0) is 27.2 Å². The van der Waals surface area contributed by atoms with Crippen molar-refractivity contribution in [1.29, 1.82) is 0 Å². The van der Waals surface area contributed by atoms with E-state index in [4.69, 9.17) is 10.8 Å². The number of nitrogens with two attached hydrogens (primary N) is 1. The smallest absolute Gasteiger partial charge is 0.329 e. The fourth-order valence-corrected chi connectivity index (χ4v) is 1.06. The van der Waals surface area contributed by atoms with Crippen molar-refractivity contribution >= 4 is 11.9 Å². The molecule has 0 heterocycles. The summed E-state index contributed by atoms with van der Waals surface area (Å²) in [7, 11) is 0. The highest BCUT2D eigenvalue weighted by Crippen LogP contribution is 2.11. The molecule has 4 N–H and O–H groups in total. The molecule has 0 rings (SSSR count). The molecule has 0 aliphatic carbocycles. The number of rotatable bonds is 5. The molecule has 1 unspecified atom stereocenters. The standard InChI is InChI=1S/C10H20N2O3/c1-5-10(4,8(14)15)12-7(13)6-9(2,3)11/h5-6,11H2,1-4H3,(H,12,13)(H,14,15).